The summed E-state index contributed by atoms with van der Waals surface area (Å²) in [4.78, 5) is 4.16. The van der Waals surface area contributed by atoms with Gasteiger partial charge in [0, 0.05) is 18.8 Å². The molecule has 4 heteroatoms. The normalized spacial score (nSPS) is 10.2. The van der Waals surface area contributed by atoms with Crippen LogP contribution in [0, 0.1) is 12.7 Å². The fourth-order valence-corrected chi connectivity index (χ4v) is 1.67. The van der Waals surface area contributed by atoms with Crippen LogP contribution in [0.4, 0.5) is 10.2 Å². The van der Waals surface area contributed by atoms with Crippen LogP contribution in [0.2, 0.25) is 0 Å². The topological polar surface area (TPSA) is 34.2 Å². The van der Waals surface area contributed by atoms with E-state index in [1.54, 1.807) is 38.4 Å². The Morgan fingerprint density at radius 2 is 2.11 bits per heavy atom. The number of rotatable bonds is 4. The first kappa shape index (κ1) is 12.4. The van der Waals surface area contributed by atoms with Crippen molar-refractivity contribution in [2.75, 3.05) is 12.4 Å². The molecule has 18 heavy (non-hydrogen) atoms. The maximum absolute atomic E-state index is 13.7. The molecule has 0 aliphatic heterocycles. The van der Waals surface area contributed by atoms with Crippen LogP contribution in [0.15, 0.2) is 36.5 Å². The van der Waals surface area contributed by atoms with Gasteiger partial charge in [0.2, 0.25) is 0 Å². The highest BCUT2D eigenvalue weighted by Crippen LogP contribution is 2.21. The van der Waals surface area contributed by atoms with Crippen molar-refractivity contribution in [1.29, 1.82) is 0 Å². The third kappa shape index (κ3) is 2.59. The molecule has 0 unspecified atom stereocenters. The van der Waals surface area contributed by atoms with Crippen molar-refractivity contribution in [3.8, 4) is 5.75 Å². The third-order valence-electron chi connectivity index (χ3n) is 2.67. The van der Waals surface area contributed by atoms with Crippen LogP contribution in [0.1, 0.15) is 11.1 Å². The smallest absolute Gasteiger partial charge is 0.167 e. The Kier molecular flexibility index (Phi) is 3.77. The second-order valence-electron chi connectivity index (χ2n) is 3.94. The molecule has 3 nitrogen and oxygen atoms in total. The minimum atomic E-state index is -0.313. The zero-order valence-corrected chi connectivity index (χ0v) is 10.4. The van der Waals surface area contributed by atoms with Crippen molar-refractivity contribution in [1.82, 2.24) is 4.98 Å². The lowest BCUT2D eigenvalue weighted by molar-refractivity contribution is 0.290. The number of hydrogen-bond donors (Lipinski definition) is 1. The Morgan fingerprint density at radius 3 is 2.89 bits per heavy atom. The first-order valence-electron chi connectivity index (χ1n) is 5.72. The molecular formula is C14H15FN2O. The van der Waals surface area contributed by atoms with Crippen LogP contribution in [0.5, 0.6) is 5.75 Å². The Balaban J connectivity index is 2.14. The van der Waals surface area contributed by atoms with Gasteiger partial charge >= 0.3 is 0 Å². The lowest BCUT2D eigenvalue weighted by atomic mass is 10.2. The second-order valence-corrected chi connectivity index (χ2v) is 3.94. The molecular weight excluding hydrogens is 231 g/mol. The Bertz CT molecular complexity index is 543. The van der Waals surface area contributed by atoms with Gasteiger partial charge in [0.05, 0.1) is 0 Å². The van der Waals surface area contributed by atoms with E-state index in [-0.39, 0.29) is 18.2 Å². The molecule has 0 atom stereocenters. The fourth-order valence-electron chi connectivity index (χ4n) is 1.67. The van der Waals surface area contributed by atoms with Crippen LogP contribution >= 0.6 is 0 Å². The Morgan fingerprint density at radius 1 is 1.28 bits per heavy atom. The van der Waals surface area contributed by atoms with Crippen molar-refractivity contribution < 1.29 is 9.13 Å². The van der Waals surface area contributed by atoms with Gasteiger partial charge in [0.25, 0.3) is 0 Å². The van der Waals surface area contributed by atoms with E-state index in [9.17, 15) is 4.39 Å². The zero-order chi connectivity index (χ0) is 13.0. The first-order chi connectivity index (χ1) is 8.72. The van der Waals surface area contributed by atoms with E-state index in [2.05, 4.69) is 10.3 Å². The lowest BCUT2D eigenvalue weighted by Crippen LogP contribution is -2.03. The number of aromatic nitrogens is 1. The predicted molar refractivity (Wildman–Crippen MR) is 69.3 cm³/mol. The quantitative estimate of drug-likeness (QED) is 0.899. The monoisotopic (exact) mass is 246 g/mol. The summed E-state index contributed by atoms with van der Waals surface area (Å²) in [6, 6.07) is 8.83. The van der Waals surface area contributed by atoms with Crippen molar-refractivity contribution >= 4 is 5.82 Å². The van der Waals surface area contributed by atoms with Crippen LogP contribution in [-0.2, 0) is 6.61 Å². The number of anilines is 1. The van der Waals surface area contributed by atoms with Crippen LogP contribution in [0.3, 0.4) is 0 Å². The van der Waals surface area contributed by atoms with Gasteiger partial charge in [-0.3, -0.25) is 0 Å². The van der Waals surface area contributed by atoms with Gasteiger partial charge < -0.3 is 10.1 Å². The summed E-state index contributed by atoms with van der Waals surface area (Å²) in [7, 11) is 1.79. The van der Waals surface area contributed by atoms with Gasteiger partial charge in [-0.1, -0.05) is 18.2 Å². The van der Waals surface area contributed by atoms with Gasteiger partial charge in [-0.2, -0.15) is 0 Å². The molecule has 1 heterocycles. The number of nitrogens with zero attached hydrogens (tertiary/aromatic N) is 1. The number of nitrogens with one attached hydrogen (secondary N) is 1. The standard InChI is InChI=1S/C14H15FN2O/c1-10-5-3-7-12(13(10)15)18-9-11-6-4-8-17-14(11)16-2/h3-8H,9H2,1-2H3,(H,16,17). The molecule has 94 valence electrons. The largest absolute Gasteiger partial charge is 0.486 e. The summed E-state index contributed by atoms with van der Waals surface area (Å²) in [6.45, 7) is 2.00. The molecule has 0 spiro atoms. The SMILES string of the molecule is CNc1ncccc1COc1cccc(C)c1F. The molecule has 1 N–H and O–H groups in total. The van der Waals surface area contributed by atoms with Crippen molar-refractivity contribution in [2.24, 2.45) is 0 Å². The fraction of sp³-hybridized carbons (Fsp3) is 0.214. The van der Waals surface area contributed by atoms with E-state index in [0.29, 0.717) is 5.56 Å². The molecule has 1 aromatic heterocycles. The minimum absolute atomic E-state index is 0.265. The maximum Gasteiger partial charge on any atom is 0.167 e. The highest BCUT2D eigenvalue weighted by atomic mass is 19.1. The molecule has 0 radical (unpaired) electrons. The average molecular weight is 246 g/mol. The van der Waals surface area contributed by atoms with Gasteiger partial charge in [-0.25, -0.2) is 9.37 Å². The number of hydrogen-bond acceptors (Lipinski definition) is 3. The van der Waals surface area contributed by atoms with E-state index < -0.39 is 0 Å². The van der Waals surface area contributed by atoms with Crippen LogP contribution in [0.25, 0.3) is 0 Å². The van der Waals surface area contributed by atoms with Crippen molar-refractivity contribution in [3.63, 3.8) is 0 Å². The minimum Gasteiger partial charge on any atom is -0.486 e. The second kappa shape index (κ2) is 5.49. The number of halogens is 1. The third-order valence-corrected chi connectivity index (χ3v) is 2.67. The van der Waals surface area contributed by atoms with E-state index in [1.165, 1.54) is 0 Å². The molecule has 0 fully saturated rings. The van der Waals surface area contributed by atoms with Gasteiger partial charge in [-0.15, -0.1) is 0 Å². The number of pyridine rings is 1. The summed E-state index contributed by atoms with van der Waals surface area (Å²) in [5, 5.41) is 2.97. The summed E-state index contributed by atoms with van der Waals surface area (Å²) in [5.41, 5.74) is 1.47. The van der Waals surface area contributed by atoms with Crippen LogP contribution in [-0.4, -0.2) is 12.0 Å². The number of ether oxygens (including phenoxy) is 1. The van der Waals surface area contributed by atoms with Crippen molar-refractivity contribution in [3.05, 3.63) is 53.5 Å². The highest BCUT2D eigenvalue weighted by Gasteiger charge is 2.07. The molecule has 0 amide bonds. The summed E-state index contributed by atoms with van der Waals surface area (Å²) in [5.74, 6) is 0.693. The number of benzene rings is 1. The van der Waals surface area contributed by atoms with E-state index in [1.807, 2.05) is 12.1 Å². The summed E-state index contributed by atoms with van der Waals surface area (Å²) in [6.07, 6.45) is 1.70. The lowest BCUT2D eigenvalue weighted by Gasteiger charge is -2.11. The number of aryl methyl sites for hydroxylation is 1. The predicted octanol–water partition coefficient (Wildman–Crippen LogP) is 3.15. The van der Waals surface area contributed by atoms with E-state index in [4.69, 9.17) is 4.74 Å². The molecule has 0 aliphatic rings. The molecule has 0 saturated carbocycles. The van der Waals surface area contributed by atoms with Gasteiger partial charge in [-0.05, 0) is 24.6 Å². The Hall–Kier alpha value is -2.10. The molecule has 0 aliphatic carbocycles. The molecule has 1 aromatic carbocycles. The summed E-state index contributed by atoms with van der Waals surface area (Å²) >= 11 is 0. The van der Waals surface area contributed by atoms with Crippen molar-refractivity contribution in [2.45, 2.75) is 13.5 Å². The van der Waals surface area contributed by atoms with Crippen LogP contribution < -0.4 is 10.1 Å². The van der Waals surface area contributed by atoms with Gasteiger partial charge in [0.1, 0.15) is 12.4 Å². The highest BCUT2D eigenvalue weighted by molar-refractivity contribution is 5.43. The van der Waals surface area contributed by atoms with Gasteiger partial charge in [0.15, 0.2) is 11.6 Å². The average Bonchev–Trinajstić information content (AvgIpc) is 2.41. The zero-order valence-electron chi connectivity index (χ0n) is 10.4. The van der Waals surface area contributed by atoms with E-state index >= 15 is 0 Å². The first-order valence-corrected chi connectivity index (χ1v) is 5.72. The van der Waals surface area contributed by atoms with E-state index in [0.717, 1.165) is 11.4 Å². The molecule has 0 bridgehead atoms. The summed E-state index contributed by atoms with van der Waals surface area (Å²) < 4.78 is 19.2. The molecule has 2 rings (SSSR count). The molecule has 0 saturated heterocycles. The maximum atomic E-state index is 13.7. The molecule has 2 aromatic rings. The Labute approximate surface area is 106 Å².